The van der Waals surface area contributed by atoms with Crippen LogP contribution in [0.3, 0.4) is 0 Å². The van der Waals surface area contributed by atoms with Gasteiger partial charge in [-0.25, -0.2) is 4.98 Å². The first kappa shape index (κ1) is 13.4. The van der Waals surface area contributed by atoms with Crippen LogP contribution in [-0.2, 0) is 9.53 Å². The Labute approximate surface area is 118 Å². The second-order valence-electron chi connectivity index (χ2n) is 3.37. The molecular weight excluding hydrogens is 290 g/mol. The molecule has 0 bridgehead atoms. The number of methoxy groups -OCH3 is 1. The summed E-state index contributed by atoms with van der Waals surface area (Å²) in [5.74, 6) is 0.0348. The van der Waals surface area contributed by atoms with Crippen LogP contribution in [0.5, 0.6) is 0 Å². The Kier molecular flexibility index (Phi) is 4.63. The number of hydrogen-bond donors (Lipinski definition) is 0. The van der Waals surface area contributed by atoms with Crippen LogP contribution in [0, 0.1) is 0 Å². The fraction of sp³-hybridized carbons (Fsp3) is 0.167. The van der Waals surface area contributed by atoms with Crippen LogP contribution in [0.4, 0.5) is 0 Å². The summed E-state index contributed by atoms with van der Waals surface area (Å²) in [6.07, 6.45) is 0. The number of carbonyl (C=O) groups excluding carboxylic acids is 1. The maximum atomic E-state index is 11.0. The fourth-order valence-electron chi connectivity index (χ4n) is 1.26. The predicted octanol–water partition coefficient (Wildman–Crippen LogP) is 3.73. The van der Waals surface area contributed by atoms with Crippen LogP contribution < -0.4 is 0 Å². The zero-order valence-electron chi connectivity index (χ0n) is 9.55. The van der Waals surface area contributed by atoms with E-state index in [2.05, 4.69) is 9.72 Å². The zero-order chi connectivity index (χ0) is 13.0. The Hall–Kier alpha value is -1.04. The molecule has 0 unspecified atom stereocenters. The molecule has 0 N–H and O–H groups in total. The molecule has 94 valence electrons. The summed E-state index contributed by atoms with van der Waals surface area (Å²) in [6.45, 7) is 0. The van der Waals surface area contributed by atoms with Gasteiger partial charge in [0.1, 0.15) is 0 Å². The molecule has 1 heterocycles. The zero-order valence-corrected chi connectivity index (χ0v) is 11.9. The predicted molar refractivity (Wildman–Crippen MR) is 75.3 cm³/mol. The van der Waals surface area contributed by atoms with E-state index in [1.54, 1.807) is 0 Å². The Morgan fingerprint density at radius 2 is 2.17 bits per heavy atom. The molecule has 1 aromatic carbocycles. The molecule has 0 spiro atoms. The van der Waals surface area contributed by atoms with Gasteiger partial charge in [0.15, 0.2) is 4.34 Å². The summed E-state index contributed by atoms with van der Waals surface area (Å²) in [7, 11) is 1.38. The monoisotopic (exact) mass is 299 g/mol. The van der Waals surface area contributed by atoms with Gasteiger partial charge < -0.3 is 4.74 Å². The lowest BCUT2D eigenvalue weighted by molar-refractivity contribution is -0.137. The minimum Gasteiger partial charge on any atom is -0.468 e. The number of hydrogen-bond acceptors (Lipinski definition) is 5. The second kappa shape index (κ2) is 6.22. The van der Waals surface area contributed by atoms with Crippen molar-refractivity contribution in [1.29, 1.82) is 0 Å². The van der Waals surface area contributed by atoms with Gasteiger partial charge in [0.2, 0.25) is 0 Å². The first-order valence-electron chi connectivity index (χ1n) is 5.10. The normalized spacial score (nSPS) is 10.3. The summed E-state index contributed by atoms with van der Waals surface area (Å²) in [6, 6.07) is 7.51. The van der Waals surface area contributed by atoms with Crippen molar-refractivity contribution >= 4 is 40.7 Å². The lowest BCUT2D eigenvalue weighted by Crippen LogP contribution is -2.02. The van der Waals surface area contributed by atoms with E-state index in [1.807, 2.05) is 29.6 Å². The van der Waals surface area contributed by atoms with Crippen LogP contribution >= 0.6 is 34.7 Å². The van der Waals surface area contributed by atoms with Gasteiger partial charge in [-0.1, -0.05) is 35.5 Å². The number of rotatable bonds is 4. The maximum Gasteiger partial charge on any atom is 0.316 e. The topological polar surface area (TPSA) is 39.2 Å². The van der Waals surface area contributed by atoms with E-state index in [1.165, 1.54) is 30.2 Å². The molecule has 18 heavy (non-hydrogen) atoms. The third kappa shape index (κ3) is 3.48. The third-order valence-electron chi connectivity index (χ3n) is 2.16. The van der Waals surface area contributed by atoms with Crippen LogP contribution in [0.15, 0.2) is 34.0 Å². The summed E-state index contributed by atoms with van der Waals surface area (Å²) in [5, 5.41) is 2.66. The quantitative estimate of drug-likeness (QED) is 0.637. The molecule has 0 fully saturated rings. The van der Waals surface area contributed by atoms with Gasteiger partial charge in [-0.15, -0.1) is 11.3 Å². The molecule has 2 rings (SSSR count). The van der Waals surface area contributed by atoms with E-state index in [-0.39, 0.29) is 11.7 Å². The van der Waals surface area contributed by atoms with Gasteiger partial charge in [0.05, 0.1) is 18.6 Å². The van der Waals surface area contributed by atoms with Crippen LogP contribution in [-0.4, -0.2) is 23.8 Å². The van der Waals surface area contributed by atoms with E-state index in [4.69, 9.17) is 11.6 Å². The molecular formula is C12H10ClNO2S2. The van der Waals surface area contributed by atoms with Crippen molar-refractivity contribution < 1.29 is 9.53 Å². The Balaban J connectivity index is 2.06. The van der Waals surface area contributed by atoms with E-state index in [0.29, 0.717) is 5.02 Å². The number of thioether (sulfide) groups is 1. The number of thiazole rings is 1. The highest BCUT2D eigenvalue weighted by molar-refractivity contribution is 8.01. The van der Waals surface area contributed by atoms with Gasteiger partial charge in [-0.2, -0.15) is 0 Å². The number of ether oxygens (including phenoxy) is 1. The molecule has 0 saturated carbocycles. The average molecular weight is 300 g/mol. The molecule has 3 nitrogen and oxygen atoms in total. The molecule has 0 radical (unpaired) electrons. The Morgan fingerprint density at radius 1 is 1.44 bits per heavy atom. The van der Waals surface area contributed by atoms with Crippen molar-refractivity contribution in [2.24, 2.45) is 0 Å². The van der Waals surface area contributed by atoms with E-state index in [9.17, 15) is 4.79 Å². The molecule has 6 heteroatoms. The number of esters is 1. The third-order valence-corrected chi connectivity index (χ3v) is 4.41. The minimum atomic E-state index is -0.247. The summed E-state index contributed by atoms with van der Waals surface area (Å²) >= 11 is 8.72. The van der Waals surface area contributed by atoms with Crippen molar-refractivity contribution in [2.75, 3.05) is 12.9 Å². The van der Waals surface area contributed by atoms with Gasteiger partial charge in [-0.05, 0) is 12.1 Å². The standard InChI is InChI=1S/C12H10ClNO2S2/c1-16-11(15)7-18-12-14-10(6-17-12)8-2-4-9(13)5-3-8/h2-6H,7H2,1H3. The Bertz CT molecular complexity index is 539. The van der Waals surface area contributed by atoms with E-state index >= 15 is 0 Å². The van der Waals surface area contributed by atoms with Crippen molar-refractivity contribution in [3.63, 3.8) is 0 Å². The first-order chi connectivity index (χ1) is 8.69. The van der Waals surface area contributed by atoms with Crippen LogP contribution in [0.2, 0.25) is 5.02 Å². The summed E-state index contributed by atoms with van der Waals surface area (Å²) in [5.41, 5.74) is 1.91. The molecule has 0 aliphatic heterocycles. The number of halogens is 1. The number of aromatic nitrogens is 1. The van der Waals surface area contributed by atoms with Crippen LogP contribution in [0.1, 0.15) is 0 Å². The van der Waals surface area contributed by atoms with Crippen molar-refractivity contribution in [2.45, 2.75) is 4.34 Å². The van der Waals surface area contributed by atoms with Gasteiger partial charge in [0, 0.05) is 16.0 Å². The SMILES string of the molecule is COC(=O)CSc1nc(-c2ccc(Cl)cc2)cs1. The van der Waals surface area contributed by atoms with Crippen LogP contribution in [0.25, 0.3) is 11.3 Å². The molecule has 0 aliphatic carbocycles. The molecule has 1 aromatic heterocycles. The lowest BCUT2D eigenvalue weighted by atomic mass is 10.2. The van der Waals surface area contributed by atoms with Crippen molar-refractivity contribution in [3.8, 4) is 11.3 Å². The molecule has 0 amide bonds. The lowest BCUT2D eigenvalue weighted by Gasteiger charge is -1.97. The fourth-order valence-corrected chi connectivity index (χ4v) is 3.05. The smallest absolute Gasteiger partial charge is 0.316 e. The van der Waals surface area contributed by atoms with Crippen molar-refractivity contribution in [3.05, 3.63) is 34.7 Å². The van der Waals surface area contributed by atoms with Crippen molar-refractivity contribution in [1.82, 2.24) is 4.98 Å². The molecule has 0 saturated heterocycles. The number of benzene rings is 1. The van der Waals surface area contributed by atoms with E-state index < -0.39 is 0 Å². The van der Waals surface area contributed by atoms with Gasteiger partial charge in [0.25, 0.3) is 0 Å². The highest BCUT2D eigenvalue weighted by atomic mass is 35.5. The van der Waals surface area contributed by atoms with Gasteiger partial charge >= 0.3 is 5.97 Å². The highest BCUT2D eigenvalue weighted by Crippen LogP contribution is 2.28. The van der Waals surface area contributed by atoms with Gasteiger partial charge in [-0.3, -0.25) is 4.79 Å². The number of carbonyl (C=O) groups is 1. The van der Waals surface area contributed by atoms with E-state index in [0.717, 1.165) is 15.6 Å². The summed E-state index contributed by atoms with van der Waals surface area (Å²) < 4.78 is 5.43. The molecule has 2 aromatic rings. The second-order valence-corrected chi connectivity index (χ2v) is 5.89. The minimum absolute atomic E-state index is 0.247. The highest BCUT2D eigenvalue weighted by Gasteiger charge is 2.07. The summed E-state index contributed by atoms with van der Waals surface area (Å²) in [4.78, 5) is 15.5. The first-order valence-corrected chi connectivity index (χ1v) is 7.34. The number of nitrogens with zero attached hydrogens (tertiary/aromatic N) is 1. The Morgan fingerprint density at radius 3 is 2.83 bits per heavy atom. The molecule has 0 aliphatic rings. The maximum absolute atomic E-state index is 11.0. The average Bonchev–Trinajstić information content (AvgIpc) is 2.85. The molecule has 0 atom stereocenters. The largest absolute Gasteiger partial charge is 0.468 e.